The molecule has 1 N–H and O–H groups in total. The van der Waals surface area contributed by atoms with Crippen molar-refractivity contribution in [2.45, 2.75) is 39.8 Å². The van der Waals surface area contributed by atoms with Gasteiger partial charge in [0.2, 0.25) is 0 Å². The number of hydrogen-bond acceptors (Lipinski definition) is 6. The van der Waals surface area contributed by atoms with Crippen molar-refractivity contribution in [3.63, 3.8) is 0 Å². The average molecular weight is 528 g/mol. The number of fused-ring (bicyclic) bond motifs is 1. The third-order valence-electron chi connectivity index (χ3n) is 6.69. The lowest BCUT2D eigenvalue weighted by molar-refractivity contribution is 0.0733. The number of hydrogen-bond donors (Lipinski definition) is 1. The van der Waals surface area contributed by atoms with Gasteiger partial charge in [-0.3, -0.25) is 0 Å². The third-order valence-corrected chi connectivity index (χ3v) is 6.69. The standard InChI is InChI=1S/C32H30FNO5/c1-19-6-7-22(33)14-28(19)38-18-26-24(10-11-27-30(26)20(2)16-32(3,4)34-27)25-9-8-23(15-29(25)36-5)39-31(35)21-12-13-37-17-21/h6-17,34H,18H2,1-5H3. The number of halogens is 1. The fourth-order valence-electron chi connectivity index (χ4n) is 4.98. The van der Waals surface area contributed by atoms with E-state index in [1.807, 2.05) is 25.1 Å². The summed E-state index contributed by atoms with van der Waals surface area (Å²) in [6.07, 6.45) is 4.93. The predicted octanol–water partition coefficient (Wildman–Crippen LogP) is 7.81. The van der Waals surface area contributed by atoms with Crippen molar-refractivity contribution in [2.75, 3.05) is 12.4 Å². The van der Waals surface area contributed by atoms with E-state index in [1.54, 1.807) is 31.4 Å². The van der Waals surface area contributed by atoms with Gasteiger partial charge in [0.1, 0.15) is 35.9 Å². The minimum Gasteiger partial charge on any atom is -0.496 e. The molecule has 0 atom stereocenters. The second kappa shape index (κ2) is 10.3. The first-order valence-electron chi connectivity index (χ1n) is 12.6. The summed E-state index contributed by atoms with van der Waals surface area (Å²) in [7, 11) is 1.57. The van der Waals surface area contributed by atoms with Gasteiger partial charge >= 0.3 is 5.97 Å². The molecule has 0 radical (unpaired) electrons. The first-order chi connectivity index (χ1) is 18.6. The maximum atomic E-state index is 14.0. The first kappa shape index (κ1) is 26.1. The van der Waals surface area contributed by atoms with Gasteiger partial charge in [0, 0.05) is 34.5 Å². The number of nitrogens with one attached hydrogen (secondary N) is 1. The second-order valence-corrected chi connectivity index (χ2v) is 10.2. The molecule has 6 nitrogen and oxygen atoms in total. The van der Waals surface area contributed by atoms with Crippen LogP contribution in [0.1, 0.15) is 47.8 Å². The Morgan fingerprint density at radius 1 is 1.00 bits per heavy atom. The molecule has 0 fully saturated rings. The van der Waals surface area contributed by atoms with Crippen LogP contribution in [0, 0.1) is 12.7 Å². The number of carbonyl (C=O) groups excluding carboxylic acids is 1. The lowest BCUT2D eigenvalue weighted by atomic mass is 9.85. The molecule has 1 aromatic heterocycles. The van der Waals surface area contributed by atoms with Crippen LogP contribution in [0.4, 0.5) is 10.1 Å². The van der Waals surface area contributed by atoms with Crippen LogP contribution < -0.4 is 19.5 Å². The fraction of sp³-hybridized carbons (Fsp3) is 0.219. The zero-order chi connectivity index (χ0) is 27.7. The highest BCUT2D eigenvalue weighted by atomic mass is 19.1. The topological polar surface area (TPSA) is 69.9 Å². The predicted molar refractivity (Wildman–Crippen MR) is 149 cm³/mol. The van der Waals surface area contributed by atoms with E-state index in [9.17, 15) is 9.18 Å². The molecule has 7 heteroatoms. The van der Waals surface area contributed by atoms with Crippen LogP contribution in [0.5, 0.6) is 17.2 Å². The Morgan fingerprint density at radius 2 is 1.79 bits per heavy atom. The number of carbonyl (C=O) groups is 1. The molecular weight excluding hydrogens is 497 g/mol. The molecule has 0 saturated carbocycles. The minimum atomic E-state index is -0.527. The van der Waals surface area contributed by atoms with E-state index in [0.29, 0.717) is 22.8 Å². The summed E-state index contributed by atoms with van der Waals surface area (Å²) in [5, 5.41) is 3.59. The highest BCUT2D eigenvalue weighted by Crippen LogP contribution is 2.43. The number of allylic oxidation sites excluding steroid dienone is 1. The molecule has 4 aromatic rings. The van der Waals surface area contributed by atoms with Gasteiger partial charge in [-0.2, -0.15) is 0 Å². The van der Waals surface area contributed by atoms with Gasteiger partial charge in [-0.15, -0.1) is 0 Å². The number of aryl methyl sites for hydroxylation is 1. The van der Waals surface area contributed by atoms with Crippen LogP contribution in [-0.2, 0) is 6.61 Å². The van der Waals surface area contributed by atoms with Gasteiger partial charge in [-0.05, 0) is 74.7 Å². The van der Waals surface area contributed by atoms with Crippen LogP contribution in [0.25, 0.3) is 16.7 Å². The van der Waals surface area contributed by atoms with E-state index in [2.05, 4.69) is 32.2 Å². The van der Waals surface area contributed by atoms with E-state index in [1.165, 1.54) is 24.7 Å². The van der Waals surface area contributed by atoms with E-state index < -0.39 is 5.97 Å². The number of esters is 1. The molecule has 1 aliphatic rings. The van der Waals surface area contributed by atoms with Crippen LogP contribution in [0.3, 0.4) is 0 Å². The Bertz CT molecular complexity index is 1570. The van der Waals surface area contributed by atoms with Crippen LogP contribution >= 0.6 is 0 Å². The van der Waals surface area contributed by atoms with Crippen LogP contribution in [-0.4, -0.2) is 18.6 Å². The number of rotatable bonds is 7. The van der Waals surface area contributed by atoms with Crippen LogP contribution in [0.15, 0.2) is 77.6 Å². The first-order valence-corrected chi connectivity index (χ1v) is 12.6. The van der Waals surface area contributed by atoms with Gasteiger partial charge in [0.05, 0.1) is 24.5 Å². The average Bonchev–Trinajstić information content (AvgIpc) is 3.43. The molecule has 5 rings (SSSR count). The van der Waals surface area contributed by atoms with Crippen molar-refractivity contribution in [2.24, 2.45) is 0 Å². The summed E-state index contributed by atoms with van der Waals surface area (Å²) in [5.74, 6) is 0.473. The highest BCUT2D eigenvalue weighted by molar-refractivity contribution is 5.91. The van der Waals surface area contributed by atoms with E-state index in [0.717, 1.165) is 39.1 Å². The Morgan fingerprint density at radius 3 is 2.54 bits per heavy atom. The van der Waals surface area contributed by atoms with E-state index in [4.69, 9.17) is 18.6 Å². The van der Waals surface area contributed by atoms with Gasteiger partial charge in [-0.1, -0.05) is 18.2 Å². The molecule has 0 spiro atoms. The Hall–Kier alpha value is -4.52. The molecule has 39 heavy (non-hydrogen) atoms. The lowest BCUT2D eigenvalue weighted by Gasteiger charge is -2.33. The Labute approximate surface area is 227 Å². The fourth-order valence-corrected chi connectivity index (χ4v) is 4.98. The summed E-state index contributed by atoms with van der Waals surface area (Å²) in [6, 6.07) is 15.4. The zero-order valence-electron chi connectivity index (χ0n) is 22.6. The molecule has 0 bridgehead atoms. The van der Waals surface area contributed by atoms with Gasteiger partial charge in [0.25, 0.3) is 0 Å². The number of furan rings is 1. The normalized spacial score (nSPS) is 13.6. The second-order valence-electron chi connectivity index (χ2n) is 10.2. The smallest absolute Gasteiger partial charge is 0.346 e. The van der Waals surface area contributed by atoms with Crippen molar-refractivity contribution >= 4 is 17.2 Å². The van der Waals surface area contributed by atoms with Crippen LogP contribution in [0.2, 0.25) is 0 Å². The number of anilines is 1. The monoisotopic (exact) mass is 527 g/mol. The summed E-state index contributed by atoms with van der Waals surface area (Å²) in [6.45, 7) is 8.41. The summed E-state index contributed by atoms with van der Waals surface area (Å²) >= 11 is 0. The Balaban J connectivity index is 1.57. The van der Waals surface area contributed by atoms with E-state index >= 15 is 0 Å². The lowest BCUT2D eigenvalue weighted by Crippen LogP contribution is -2.32. The molecule has 2 heterocycles. The van der Waals surface area contributed by atoms with Crippen molar-refractivity contribution < 1.29 is 27.8 Å². The quantitative estimate of drug-likeness (QED) is 0.195. The molecule has 0 amide bonds. The molecule has 0 saturated heterocycles. The minimum absolute atomic E-state index is 0.205. The van der Waals surface area contributed by atoms with Gasteiger partial charge < -0.3 is 23.9 Å². The summed E-state index contributed by atoms with van der Waals surface area (Å²) in [5.41, 5.74) is 6.68. The third kappa shape index (κ3) is 5.39. The molecule has 200 valence electrons. The number of benzene rings is 3. The summed E-state index contributed by atoms with van der Waals surface area (Å²) < 4.78 is 36.4. The molecule has 3 aromatic carbocycles. The van der Waals surface area contributed by atoms with Crippen molar-refractivity contribution in [3.05, 3.63) is 101 Å². The molecule has 0 aliphatic carbocycles. The zero-order valence-corrected chi connectivity index (χ0v) is 22.6. The van der Waals surface area contributed by atoms with Crippen molar-refractivity contribution in [3.8, 4) is 28.4 Å². The van der Waals surface area contributed by atoms with Crippen molar-refractivity contribution in [1.29, 1.82) is 0 Å². The maximum absolute atomic E-state index is 14.0. The summed E-state index contributed by atoms with van der Waals surface area (Å²) in [4.78, 5) is 12.4. The largest absolute Gasteiger partial charge is 0.496 e. The molecule has 0 unspecified atom stereocenters. The van der Waals surface area contributed by atoms with Gasteiger partial charge in [-0.25, -0.2) is 9.18 Å². The van der Waals surface area contributed by atoms with E-state index in [-0.39, 0.29) is 18.0 Å². The highest BCUT2D eigenvalue weighted by Gasteiger charge is 2.27. The molecule has 1 aliphatic heterocycles. The van der Waals surface area contributed by atoms with Crippen molar-refractivity contribution in [1.82, 2.24) is 0 Å². The molecular formula is C32H30FNO5. The SMILES string of the molecule is COc1cc(OC(=O)c2ccoc2)ccc1-c1ccc2c(c1COc1cc(F)ccc1C)C(C)=CC(C)(C)N2. The number of ether oxygens (including phenoxy) is 3. The maximum Gasteiger partial charge on any atom is 0.346 e. The van der Waals surface area contributed by atoms with Gasteiger partial charge in [0.15, 0.2) is 0 Å². The Kier molecular flexibility index (Phi) is 6.91. The number of methoxy groups -OCH3 is 1.